The smallest absolute Gasteiger partial charge is 0.263 e. The molecule has 2 aromatic rings. The minimum atomic E-state index is -4.20. The largest absolute Gasteiger partial charge is 0.495 e. The van der Waals surface area contributed by atoms with Crippen molar-refractivity contribution in [3.63, 3.8) is 0 Å². The van der Waals surface area contributed by atoms with Crippen molar-refractivity contribution in [3.05, 3.63) is 44.9 Å². The Morgan fingerprint density at radius 1 is 0.929 bits per heavy atom. The molecule has 0 spiro atoms. The number of carbonyl (C=O) groups is 1. The molecule has 0 aliphatic heterocycles. The van der Waals surface area contributed by atoms with Crippen LogP contribution in [0.5, 0.6) is 11.5 Å². The van der Waals surface area contributed by atoms with Crippen molar-refractivity contribution in [2.45, 2.75) is 4.90 Å². The summed E-state index contributed by atoms with van der Waals surface area (Å²) in [4.78, 5) is 13.2. The average Bonchev–Trinajstić information content (AvgIpc) is 2.60. The Labute approximate surface area is 178 Å². The quantitative estimate of drug-likeness (QED) is 0.689. The Balaban J connectivity index is 2.56. The molecule has 0 atom stereocenters. The summed E-state index contributed by atoms with van der Waals surface area (Å²) >= 11 is 18.2. The number of rotatable bonds is 6. The van der Waals surface area contributed by atoms with Gasteiger partial charge >= 0.3 is 0 Å². The third-order valence-electron chi connectivity index (χ3n) is 3.67. The predicted molar refractivity (Wildman–Crippen MR) is 110 cm³/mol. The number of nitrogens with zero attached hydrogens (tertiary/aromatic N) is 1. The second-order valence-corrected chi connectivity index (χ2v) is 8.63. The van der Waals surface area contributed by atoms with Crippen LogP contribution in [0, 0.1) is 0 Å². The number of benzene rings is 2. The maximum absolute atomic E-state index is 12.9. The van der Waals surface area contributed by atoms with Gasteiger partial charge in [0.15, 0.2) is 0 Å². The molecule has 11 heteroatoms. The van der Waals surface area contributed by atoms with Gasteiger partial charge in [0.05, 0.1) is 40.5 Å². The van der Waals surface area contributed by atoms with Gasteiger partial charge in [-0.1, -0.05) is 34.8 Å². The monoisotopic (exact) mass is 466 g/mol. The number of anilines is 1. The number of methoxy groups -OCH3 is 2. The van der Waals surface area contributed by atoms with E-state index < -0.39 is 15.9 Å². The fraction of sp³-hybridized carbons (Fsp3) is 0.235. The van der Waals surface area contributed by atoms with Crippen LogP contribution in [0.4, 0.5) is 5.69 Å². The number of hydrogen-bond acceptors (Lipinski definition) is 5. The first-order valence-electron chi connectivity index (χ1n) is 7.66. The lowest BCUT2D eigenvalue weighted by Crippen LogP contribution is -2.23. The van der Waals surface area contributed by atoms with Gasteiger partial charge in [0.2, 0.25) is 0 Å². The van der Waals surface area contributed by atoms with E-state index in [-0.39, 0.29) is 37.0 Å². The van der Waals surface area contributed by atoms with Crippen LogP contribution in [0.25, 0.3) is 0 Å². The molecule has 0 saturated heterocycles. The second-order valence-electron chi connectivity index (χ2n) is 5.75. The van der Waals surface area contributed by atoms with Crippen molar-refractivity contribution in [2.24, 2.45) is 0 Å². The molecule has 7 nitrogen and oxygen atoms in total. The molecule has 28 heavy (non-hydrogen) atoms. The number of sulfonamides is 1. The molecular weight excluding hydrogens is 451 g/mol. The molecule has 0 aromatic heterocycles. The topological polar surface area (TPSA) is 84.9 Å². The number of ether oxygens (including phenoxy) is 2. The molecule has 2 aromatic carbocycles. The van der Waals surface area contributed by atoms with Gasteiger partial charge < -0.3 is 14.4 Å². The zero-order valence-corrected chi connectivity index (χ0v) is 18.4. The summed E-state index contributed by atoms with van der Waals surface area (Å²) in [6.07, 6.45) is 0. The van der Waals surface area contributed by atoms with Gasteiger partial charge in [0.1, 0.15) is 16.4 Å². The Kier molecular flexibility index (Phi) is 6.93. The Hall–Kier alpha value is -1.87. The molecule has 152 valence electrons. The molecule has 0 radical (unpaired) electrons. The Bertz CT molecular complexity index is 1030. The van der Waals surface area contributed by atoms with E-state index >= 15 is 0 Å². The van der Waals surface area contributed by atoms with Gasteiger partial charge in [-0.15, -0.1) is 0 Å². The van der Waals surface area contributed by atoms with Crippen molar-refractivity contribution in [2.75, 3.05) is 33.0 Å². The maximum Gasteiger partial charge on any atom is 0.263 e. The zero-order chi connectivity index (χ0) is 21.2. The molecule has 0 bridgehead atoms. The predicted octanol–water partition coefficient (Wildman–Crippen LogP) is 4.17. The van der Waals surface area contributed by atoms with Gasteiger partial charge in [-0.05, 0) is 18.2 Å². The van der Waals surface area contributed by atoms with Gasteiger partial charge in [-0.25, -0.2) is 8.42 Å². The summed E-state index contributed by atoms with van der Waals surface area (Å²) < 4.78 is 38.5. The van der Waals surface area contributed by atoms with Gasteiger partial charge in [0.25, 0.3) is 15.9 Å². The average molecular weight is 468 g/mol. The highest BCUT2D eigenvalue weighted by Gasteiger charge is 2.25. The Morgan fingerprint density at radius 2 is 1.54 bits per heavy atom. The van der Waals surface area contributed by atoms with E-state index in [1.807, 2.05) is 0 Å². The third kappa shape index (κ3) is 4.57. The minimum absolute atomic E-state index is 0.00355. The maximum atomic E-state index is 12.9. The van der Waals surface area contributed by atoms with Crippen LogP contribution in [-0.4, -0.2) is 47.5 Å². The highest BCUT2D eigenvalue weighted by atomic mass is 35.5. The lowest BCUT2D eigenvalue weighted by Gasteiger charge is -2.16. The van der Waals surface area contributed by atoms with Crippen molar-refractivity contribution < 1.29 is 22.7 Å². The summed E-state index contributed by atoms with van der Waals surface area (Å²) in [5.74, 6) is 0.0209. The van der Waals surface area contributed by atoms with Crippen molar-refractivity contribution in [3.8, 4) is 11.5 Å². The minimum Gasteiger partial charge on any atom is -0.495 e. The molecule has 0 fully saturated rings. The van der Waals surface area contributed by atoms with Crippen LogP contribution in [-0.2, 0) is 10.0 Å². The first kappa shape index (κ1) is 22.4. The first-order chi connectivity index (χ1) is 13.0. The van der Waals surface area contributed by atoms with E-state index in [0.717, 1.165) is 6.07 Å². The Morgan fingerprint density at radius 3 is 2.07 bits per heavy atom. The molecule has 0 unspecified atom stereocenters. The fourth-order valence-corrected chi connectivity index (χ4v) is 4.44. The van der Waals surface area contributed by atoms with Crippen LogP contribution >= 0.6 is 34.8 Å². The van der Waals surface area contributed by atoms with Crippen LogP contribution in [0.15, 0.2) is 29.2 Å². The van der Waals surface area contributed by atoms with E-state index in [2.05, 4.69) is 4.72 Å². The fourth-order valence-electron chi connectivity index (χ4n) is 2.28. The SMILES string of the molecule is COc1cc(OC)c(NS(=O)(=O)c2cc(C(=O)N(C)C)c(Cl)cc2Cl)cc1Cl. The first-order valence-corrected chi connectivity index (χ1v) is 10.3. The number of amides is 1. The molecule has 1 amide bonds. The van der Waals surface area contributed by atoms with E-state index in [4.69, 9.17) is 44.3 Å². The summed E-state index contributed by atoms with van der Waals surface area (Å²) in [6, 6.07) is 5.09. The normalized spacial score (nSPS) is 11.1. The molecule has 0 aliphatic carbocycles. The molecule has 0 heterocycles. The van der Waals surface area contributed by atoms with Crippen LogP contribution in [0.2, 0.25) is 15.1 Å². The molecular formula is C17H17Cl3N2O5S. The van der Waals surface area contributed by atoms with Crippen molar-refractivity contribution >= 4 is 56.4 Å². The molecule has 2 rings (SSSR count). The highest BCUT2D eigenvalue weighted by Crippen LogP contribution is 2.38. The summed E-state index contributed by atoms with van der Waals surface area (Å²) in [7, 11) is 1.62. The van der Waals surface area contributed by atoms with Gasteiger partial charge in [-0.3, -0.25) is 9.52 Å². The molecule has 0 saturated carbocycles. The van der Waals surface area contributed by atoms with E-state index in [0.29, 0.717) is 5.75 Å². The third-order valence-corrected chi connectivity index (χ3v) is 6.10. The molecule has 0 aliphatic rings. The number of carbonyl (C=O) groups excluding carboxylic acids is 1. The number of halogens is 3. The summed E-state index contributed by atoms with van der Waals surface area (Å²) in [5.41, 5.74) is 0.0657. The van der Waals surface area contributed by atoms with Crippen LogP contribution < -0.4 is 14.2 Å². The highest BCUT2D eigenvalue weighted by molar-refractivity contribution is 7.92. The number of hydrogen-bond donors (Lipinski definition) is 1. The van der Waals surface area contributed by atoms with Crippen molar-refractivity contribution in [1.82, 2.24) is 4.90 Å². The van der Waals surface area contributed by atoms with Gasteiger partial charge in [-0.2, -0.15) is 0 Å². The summed E-state index contributed by atoms with van der Waals surface area (Å²) in [5, 5.41) is 0.0609. The van der Waals surface area contributed by atoms with E-state index in [1.54, 1.807) is 0 Å². The lowest BCUT2D eigenvalue weighted by atomic mass is 10.2. The standard InChI is InChI=1S/C17H17Cl3N2O5S/c1-22(2)17(23)9-5-16(12(20)6-10(9)18)28(24,25)21-13-7-11(19)14(26-3)8-15(13)27-4/h5-8,21H,1-4H3. The van der Waals surface area contributed by atoms with E-state index in [1.165, 1.54) is 51.4 Å². The molecule has 1 N–H and O–H groups in total. The van der Waals surface area contributed by atoms with Crippen LogP contribution in [0.3, 0.4) is 0 Å². The second kappa shape index (κ2) is 8.65. The summed E-state index contributed by atoms with van der Waals surface area (Å²) in [6.45, 7) is 0. The van der Waals surface area contributed by atoms with E-state index in [9.17, 15) is 13.2 Å². The van der Waals surface area contributed by atoms with Crippen LogP contribution in [0.1, 0.15) is 10.4 Å². The number of nitrogens with one attached hydrogen (secondary N) is 1. The lowest BCUT2D eigenvalue weighted by molar-refractivity contribution is 0.0827. The van der Waals surface area contributed by atoms with Gasteiger partial charge in [0, 0.05) is 20.2 Å². The van der Waals surface area contributed by atoms with Crippen molar-refractivity contribution in [1.29, 1.82) is 0 Å². The zero-order valence-electron chi connectivity index (χ0n) is 15.3.